The highest BCUT2D eigenvalue weighted by atomic mass is 16.3. The summed E-state index contributed by atoms with van der Waals surface area (Å²) in [7, 11) is 1.61. The zero-order chi connectivity index (χ0) is 15.0. The lowest BCUT2D eigenvalue weighted by atomic mass is 10.0. The summed E-state index contributed by atoms with van der Waals surface area (Å²) in [5.41, 5.74) is 9.46. The maximum absolute atomic E-state index is 11.9. The Hall–Kier alpha value is -2.64. The molecule has 0 spiro atoms. The van der Waals surface area contributed by atoms with Gasteiger partial charge in [0.25, 0.3) is 0 Å². The van der Waals surface area contributed by atoms with Crippen LogP contribution < -0.4 is 0 Å². The molecule has 0 saturated heterocycles. The quantitative estimate of drug-likeness (QED) is 0.372. The normalized spacial score (nSPS) is 11.0. The summed E-state index contributed by atoms with van der Waals surface area (Å²) in [4.78, 5) is 16.1. The van der Waals surface area contributed by atoms with Gasteiger partial charge in [0.2, 0.25) is 5.91 Å². The van der Waals surface area contributed by atoms with Gasteiger partial charge in [0.1, 0.15) is 5.75 Å². The second-order valence-corrected chi connectivity index (χ2v) is 4.39. The molecule has 0 heterocycles. The van der Waals surface area contributed by atoms with E-state index in [2.05, 4.69) is 15.9 Å². The van der Waals surface area contributed by atoms with Gasteiger partial charge < -0.3 is 10.0 Å². The van der Waals surface area contributed by atoms with Crippen molar-refractivity contribution in [2.75, 3.05) is 13.6 Å². The van der Waals surface area contributed by atoms with E-state index in [0.717, 1.165) is 5.56 Å². The molecule has 1 amide bonds. The van der Waals surface area contributed by atoms with Crippen molar-refractivity contribution in [1.29, 1.82) is 0 Å². The van der Waals surface area contributed by atoms with Crippen LogP contribution in [0.4, 0.5) is 0 Å². The molecule has 6 heteroatoms. The van der Waals surface area contributed by atoms with Crippen LogP contribution in [0, 0.1) is 12.3 Å². The van der Waals surface area contributed by atoms with Crippen molar-refractivity contribution in [3.8, 4) is 18.1 Å². The van der Waals surface area contributed by atoms with Crippen molar-refractivity contribution in [3.63, 3.8) is 0 Å². The summed E-state index contributed by atoms with van der Waals surface area (Å²) < 4.78 is 0. The molecule has 0 aromatic heterocycles. The number of benzene rings is 1. The summed E-state index contributed by atoms with van der Waals surface area (Å²) in [5.74, 6) is 2.38. The van der Waals surface area contributed by atoms with Gasteiger partial charge in [0.15, 0.2) is 0 Å². The minimum Gasteiger partial charge on any atom is -0.508 e. The predicted octanol–water partition coefficient (Wildman–Crippen LogP) is 2.10. The number of phenolic OH excluding ortho intramolecular Hbond substituents is 1. The van der Waals surface area contributed by atoms with Crippen LogP contribution in [0.3, 0.4) is 0 Å². The Morgan fingerprint density at radius 1 is 1.55 bits per heavy atom. The number of nitrogens with zero attached hydrogens (tertiary/aromatic N) is 4. The first-order chi connectivity index (χ1) is 9.56. The zero-order valence-electron chi connectivity index (χ0n) is 11.2. The number of carbonyl (C=O) groups is 1. The number of aromatic hydroxyl groups is 1. The van der Waals surface area contributed by atoms with Crippen LogP contribution in [-0.2, 0) is 11.2 Å². The monoisotopic (exact) mass is 272 g/mol. The Morgan fingerprint density at radius 2 is 2.20 bits per heavy atom. The highest BCUT2D eigenvalue weighted by Gasteiger charge is 2.16. The average Bonchev–Trinajstić information content (AvgIpc) is 2.42. The van der Waals surface area contributed by atoms with Crippen LogP contribution in [0.25, 0.3) is 10.4 Å². The molecule has 1 aromatic rings. The smallest absolute Gasteiger partial charge is 0.223 e. The van der Waals surface area contributed by atoms with Crippen molar-refractivity contribution in [2.45, 2.75) is 18.9 Å². The minimum atomic E-state index is -0.475. The third kappa shape index (κ3) is 4.92. The van der Waals surface area contributed by atoms with Gasteiger partial charge in [-0.2, -0.15) is 0 Å². The molecule has 1 rings (SSSR count). The highest BCUT2D eigenvalue weighted by Crippen LogP contribution is 2.14. The molecule has 0 bridgehead atoms. The van der Waals surface area contributed by atoms with E-state index in [4.69, 9.17) is 12.0 Å². The molecule has 0 radical (unpaired) electrons. The van der Waals surface area contributed by atoms with Gasteiger partial charge in [-0.25, -0.2) is 0 Å². The molecule has 0 aliphatic carbocycles. The second-order valence-electron chi connectivity index (χ2n) is 4.39. The van der Waals surface area contributed by atoms with Gasteiger partial charge >= 0.3 is 0 Å². The van der Waals surface area contributed by atoms with Crippen LogP contribution in [0.1, 0.15) is 12.0 Å². The lowest BCUT2D eigenvalue weighted by Crippen LogP contribution is -2.30. The van der Waals surface area contributed by atoms with Crippen LogP contribution >= 0.6 is 0 Å². The van der Waals surface area contributed by atoms with E-state index in [9.17, 15) is 9.90 Å². The van der Waals surface area contributed by atoms with Gasteiger partial charge in [-0.3, -0.25) is 4.79 Å². The molecule has 1 atom stereocenters. The van der Waals surface area contributed by atoms with Gasteiger partial charge in [-0.1, -0.05) is 23.2 Å². The van der Waals surface area contributed by atoms with E-state index in [1.54, 1.807) is 31.3 Å². The molecule has 0 aliphatic rings. The van der Waals surface area contributed by atoms with E-state index in [0.29, 0.717) is 6.42 Å². The Labute approximate surface area is 117 Å². The summed E-state index contributed by atoms with van der Waals surface area (Å²) in [6, 6.07) is 6.08. The van der Waals surface area contributed by atoms with Crippen molar-refractivity contribution in [2.24, 2.45) is 5.11 Å². The predicted molar refractivity (Wildman–Crippen MR) is 75.8 cm³/mol. The SMILES string of the molecule is C#CCN(C)C(=O)C[C@H](Cc1ccc(O)cc1)N=[N+]=[N-]. The zero-order valence-corrected chi connectivity index (χ0v) is 11.2. The summed E-state index contributed by atoms with van der Waals surface area (Å²) in [5, 5.41) is 12.9. The Bertz CT molecular complexity index is 541. The van der Waals surface area contributed by atoms with Crippen molar-refractivity contribution in [3.05, 3.63) is 40.3 Å². The molecule has 0 saturated carbocycles. The largest absolute Gasteiger partial charge is 0.508 e. The molecule has 104 valence electrons. The maximum Gasteiger partial charge on any atom is 0.223 e. The third-order valence-electron chi connectivity index (χ3n) is 2.79. The molecule has 1 N–H and O–H groups in total. The van der Waals surface area contributed by atoms with Gasteiger partial charge in [-0.15, -0.1) is 6.42 Å². The lowest BCUT2D eigenvalue weighted by molar-refractivity contribution is -0.129. The Morgan fingerprint density at radius 3 is 2.75 bits per heavy atom. The minimum absolute atomic E-state index is 0.100. The van der Waals surface area contributed by atoms with Crippen LogP contribution in [0.2, 0.25) is 0 Å². The first-order valence-corrected chi connectivity index (χ1v) is 6.06. The standard InChI is InChI=1S/C14H16N4O2/c1-3-8-18(2)14(20)10-12(16-17-15)9-11-4-6-13(19)7-5-11/h1,4-7,12,19H,8-10H2,2H3/t12-/m0/s1. The molecular weight excluding hydrogens is 256 g/mol. The van der Waals surface area contributed by atoms with Gasteiger partial charge in [-0.05, 0) is 29.6 Å². The highest BCUT2D eigenvalue weighted by molar-refractivity contribution is 5.76. The summed E-state index contributed by atoms with van der Waals surface area (Å²) >= 11 is 0. The molecule has 0 aliphatic heterocycles. The Kier molecular flexibility index (Phi) is 5.95. The fourth-order valence-corrected chi connectivity index (χ4v) is 1.71. The number of terminal acetylenes is 1. The molecule has 20 heavy (non-hydrogen) atoms. The molecule has 6 nitrogen and oxygen atoms in total. The molecule has 1 aromatic carbocycles. The van der Waals surface area contributed by atoms with E-state index in [-0.39, 0.29) is 24.6 Å². The number of azide groups is 1. The molecule has 0 fully saturated rings. The number of rotatable bonds is 6. The lowest BCUT2D eigenvalue weighted by Gasteiger charge is -2.17. The van der Waals surface area contributed by atoms with Gasteiger partial charge in [0.05, 0.1) is 12.6 Å². The molecule has 0 unspecified atom stereocenters. The fourth-order valence-electron chi connectivity index (χ4n) is 1.71. The summed E-state index contributed by atoms with van der Waals surface area (Å²) in [6.45, 7) is 0.223. The van der Waals surface area contributed by atoms with Crippen LogP contribution in [0.5, 0.6) is 5.75 Å². The number of hydrogen-bond acceptors (Lipinski definition) is 3. The summed E-state index contributed by atoms with van der Waals surface area (Å²) in [6.07, 6.45) is 5.68. The Balaban J connectivity index is 2.70. The topological polar surface area (TPSA) is 89.3 Å². The maximum atomic E-state index is 11.9. The fraction of sp³-hybridized carbons (Fsp3) is 0.357. The van der Waals surface area contributed by atoms with Crippen LogP contribution in [0.15, 0.2) is 29.4 Å². The van der Waals surface area contributed by atoms with Crippen molar-refractivity contribution < 1.29 is 9.90 Å². The first kappa shape index (κ1) is 15.4. The van der Waals surface area contributed by atoms with Gasteiger partial charge in [0, 0.05) is 18.4 Å². The van der Waals surface area contributed by atoms with E-state index >= 15 is 0 Å². The second kappa shape index (κ2) is 7.72. The van der Waals surface area contributed by atoms with Crippen LogP contribution in [-0.4, -0.2) is 35.5 Å². The average molecular weight is 272 g/mol. The van der Waals surface area contributed by atoms with E-state index < -0.39 is 6.04 Å². The third-order valence-corrected chi connectivity index (χ3v) is 2.79. The van der Waals surface area contributed by atoms with E-state index in [1.807, 2.05) is 0 Å². The number of carbonyl (C=O) groups excluding carboxylic acids is 1. The number of phenols is 1. The number of amides is 1. The first-order valence-electron chi connectivity index (χ1n) is 6.06. The van der Waals surface area contributed by atoms with Crippen molar-refractivity contribution >= 4 is 5.91 Å². The number of hydrogen-bond donors (Lipinski definition) is 1. The van der Waals surface area contributed by atoms with Crippen molar-refractivity contribution in [1.82, 2.24) is 4.90 Å². The van der Waals surface area contributed by atoms with E-state index in [1.165, 1.54) is 4.90 Å². The molecular formula is C14H16N4O2.